The molecule has 0 bridgehead atoms. The number of nitriles is 1. The third-order valence-electron chi connectivity index (χ3n) is 6.63. The molecule has 2 saturated heterocycles. The van der Waals surface area contributed by atoms with E-state index in [9.17, 15) is 18.5 Å². The van der Waals surface area contributed by atoms with Crippen LogP contribution in [0, 0.1) is 11.3 Å². The van der Waals surface area contributed by atoms with Crippen molar-refractivity contribution in [3.63, 3.8) is 0 Å². The van der Waals surface area contributed by atoms with Crippen LogP contribution in [0.5, 0.6) is 5.75 Å². The van der Waals surface area contributed by atoms with Crippen molar-refractivity contribution in [2.75, 3.05) is 26.2 Å². The molecule has 2 aliphatic rings. The Bertz CT molecular complexity index is 1170. The lowest BCUT2D eigenvalue weighted by Crippen LogP contribution is -2.58. The Labute approximate surface area is 201 Å². The highest BCUT2D eigenvalue weighted by atomic mass is 32.2. The second-order valence-corrected chi connectivity index (χ2v) is 10.6. The number of rotatable bonds is 8. The van der Waals surface area contributed by atoms with Crippen molar-refractivity contribution in [3.8, 4) is 11.8 Å². The van der Waals surface area contributed by atoms with E-state index in [1.807, 2.05) is 12.1 Å². The average Bonchev–Trinajstić information content (AvgIpc) is 3.15. The largest absolute Gasteiger partial charge is 0.494 e. The molecule has 2 aromatic carbocycles. The number of hydrogen-bond donors (Lipinski definition) is 1. The Kier molecular flexibility index (Phi) is 7.22. The Morgan fingerprint density at radius 3 is 2.50 bits per heavy atom. The maximum atomic E-state index is 13.2. The lowest BCUT2D eigenvalue weighted by Gasteiger charge is -2.44. The van der Waals surface area contributed by atoms with Crippen molar-refractivity contribution < 1.29 is 17.9 Å². The molecule has 2 heterocycles. The van der Waals surface area contributed by atoms with Crippen LogP contribution in [-0.4, -0.2) is 55.4 Å². The van der Waals surface area contributed by atoms with Crippen LogP contribution < -0.4 is 10.1 Å². The molecule has 0 aliphatic carbocycles. The molecule has 2 fully saturated rings. The van der Waals surface area contributed by atoms with Crippen LogP contribution in [0.15, 0.2) is 53.4 Å². The van der Waals surface area contributed by atoms with Gasteiger partial charge >= 0.3 is 0 Å². The summed E-state index contributed by atoms with van der Waals surface area (Å²) in [5.74, 6) is 0.620. The third kappa shape index (κ3) is 4.80. The summed E-state index contributed by atoms with van der Waals surface area (Å²) in [5, 5.41) is 12.7. The molecule has 1 spiro atoms. The Balaban J connectivity index is 1.45. The number of carbonyl (C=O) groups excluding carboxylic acids is 1. The number of benzene rings is 2. The minimum Gasteiger partial charge on any atom is -0.494 e. The molecule has 0 radical (unpaired) electrons. The molecule has 0 aromatic heterocycles. The van der Waals surface area contributed by atoms with Gasteiger partial charge in [0.25, 0.3) is 0 Å². The quantitative estimate of drug-likeness (QED) is 0.581. The third-order valence-corrected chi connectivity index (χ3v) is 8.54. The summed E-state index contributed by atoms with van der Waals surface area (Å²) >= 11 is 0. The highest BCUT2D eigenvalue weighted by Crippen LogP contribution is 2.34. The molecule has 0 atom stereocenters. The summed E-state index contributed by atoms with van der Waals surface area (Å²) in [5.41, 5.74) is 0.722. The van der Waals surface area contributed by atoms with Crippen molar-refractivity contribution >= 4 is 15.9 Å². The Morgan fingerprint density at radius 2 is 1.82 bits per heavy atom. The van der Waals surface area contributed by atoms with E-state index in [1.54, 1.807) is 41.3 Å². The fraction of sp³-hybridized carbons (Fsp3) is 0.440. The molecule has 2 aromatic rings. The van der Waals surface area contributed by atoms with Gasteiger partial charge in [-0.15, -0.1) is 0 Å². The van der Waals surface area contributed by atoms with E-state index in [4.69, 9.17) is 4.74 Å². The number of sulfonamides is 1. The fourth-order valence-electron chi connectivity index (χ4n) is 4.58. The Hall–Kier alpha value is -2.93. The van der Waals surface area contributed by atoms with Crippen LogP contribution in [-0.2, 0) is 21.4 Å². The number of amides is 1. The first-order valence-corrected chi connectivity index (χ1v) is 13.1. The molecule has 4 rings (SSSR count). The maximum Gasteiger partial charge on any atom is 0.243 e. The normalized spacial score (nSPS) is 18.2. The lowest BCUT2D eigenvalue weighted by atomic mass is 9.96. The molecule has 8 nitrogen and oxygen atoms in total. The zero-order chi connectivity index (χ0) is 24.2. The van der Waals surface area contributed by atoms with Gasteiger partial charge in [0.2, 0.25) is 15.9 Å². The van der Waals surface area contributed by atoms with Gasteiger partial charge in [-0.25, -0.2) is 8.42 Å². The smallest absolute Gasteiger partial charge is 0.243 e. The first-order valence-electron chi connectivity index (χ1n) is 11.7. The van der Waals surface area contributed by atoms with E-state index in [1.165, 1.54) is 4.31 Å². The van der Waals surface area contributed by atoms with Gasteiger partial charge in [0, 0.05) is 19.6 Å². The maximum absolute atomic E-state index is 13.2. The molecule has 1 amide bonds. The monoisotopic (exact) mass is 482 g/mol. The highest BCUT2D eigenvalue weighted by molar-refractivity contribution is 7.89. The first kappa shape index (κ1) is 24.2. The molecule has 180 valence electrons. The topological polar surface area (TPSA) is 103 Å². The van der Waals surface area contributed by atoms with E-state index in [0.29, 0.717) is 50.4 Å². The van der Waals surface area contributed by atoms with E-state index in [-0.39, 0.29) is 17.3 Å². The van der Waals surface area contributed by atoms with Crippen molar-refractivity contribution in [2.24, 2.45) is 0 Å². The second kappa shape index (κ2) is 10.1. The van der Waals surface area contributed by atoms with Crippen LogP contribution in [0.25, 0.3) is 0 Å². The van der Waals surface area contributed by atoms with Crippen LogP contribution in [0.4, 0.5) is 0 Å². The summed E-state index contributed by atoms with van der Waals surface area (Å²) in [6.45, 7) is 3.82. The summed E-state index contributed by atoms with van der Waals surface area (Å²) in [6.07, 6.45) is 2.94. The number of piperidine rings is 1. The molecule has 34 heavy (non-hydrogen) atoms. The van der Waals surface area contributed by atoms with E-state index in [2.05, 4.69) is 18.3 Å². The summed E-state index contributed by atoms with van der Waals surface area (Å²) < 4.78 is 33.6. The van der Waals surface area contributed by atoms with Gasteiger partial charge in [0.1, 0.15) is 5.75 Å². The first-order chi connectivity index (χ1) is 16.4. The lowest BCUT2D eigenvalue weighted by molar-refractivity contribution is -0.132. The molecule has 9 heteroatoms. The highest BCUT2D eigenvalue weighted by Gasteiger charge is 2.48. The number of nitrogens with zero attached hydrogens (tertiary/aromatic N) is 3. The molecule has 0 unspecified atom stereocenters. The predicted molar refractivity (Wildman–Crippen MR) is 127 cm³/mol. The van der Waals surface area contributed by atoms with Gasteiger partial charge in [-0.05, 0) is 55.2 Å². The zero-order valence-electron chi connectivity index (χ0n) is 19.4. The van der Waals surface area contributed by atoms with Crippen molar-refractivity contribution in [1.29, 1.82) is 5.26 Å². The number of unbranched alkanes of at least 4 members (excludes halogenated alkanes) is 1. The molecule has 1 N–H and O–H groups in total. The molecule has 0 saturated carbocycles. The van der Waals surface area contributed by atoms with E-state index in [0.717, 1.165) is 18.4 Å². The van der Waals surface area contributed by atoms with Crippen LogP contribution in [0.3, 0.4) is 0 Å². The molecular weight excluding hydrogens is 452 g/mol. The Morgan fingerprint density at radius 1 is 1.12 bits per heavy atom. The average molecular weight is 483 g/mol. The van der Waals surface area contributed by atoms with Crippen LogP contribution in [0.1, 0.15) is 43.7 Å². The van der Waals surface area contributed by atoms with Gasteiger partial charge in [-0.1, -0.05) is 31.5 Å². The fourth-order valence-corrected chi connectivity index (χ4v) is 6.02. The van der Waals surface area contributed by atoms with Gasteiger partial charge in [0.05, 0.1) is 35.3 Å². The number of ether oxygens (including phenoxy) is 1. The van der Waals surface area contributed by atoms with Gasteiger partial charge < -0.3 is 9.64 Å². The number of carbonyl (C=O) groups is 1. The summed E-state index contributed by atoms with van der Waals surface area (Å²) in [4.78, 5) is 14.7. The number of nitrogens with one attached hydrogen (secondary N) is 1. The number of hydrogen-bond acceptors (Lipinski definition) is 6. The van der Waals surface area contributed by atoms with Crippen LogP contribution in [0.2, 0.25) is 0 Å². The minimum atomic E-state index is -3.65. The molecular formula is C25H30N4O4S. The second-order valence-electron chi connectivity index (χ2n) is 8.71. The minimum absolute atomic E-state index is 0.0392. The zero-order valence-corrected chi connectivity index (χ0v) is 20.2. The molecule has 2 aliphatic heterocycles. The predicted octanol–water partition coefficient (Wildman–Crippen LogP) is 2.85. The summed E-state index contributed by atoms with van der Waals surface area (Å²) in [6, 6.07) is 16.0. The van der Waals surface area contributed by atoms with Gasteiger partial charge in [-0.2, -0.15) is 9.57 Å². The standard InChI is InChI=1S/C25H30N4O4S/c1-2-3-16-33-22-8-10-23(11-9-22)34(31,32)28-14-12-25(13-15-28)27-18-24(30)29(25)19-21-7-5-4-6-20(21)17-26/h4-11,27H,2-3,12-16,18-19H2,1H3. The summed E-state index contributed by atoms with van der Waals surface area (Å²) in [7, 11) is -3.65. The van der Waals surface area contributed by atoms with Crippen molar-refractivity contribution in [2.45, 2.75) is 49.7 Å². The van der Waals surface area contributed by atoms with Crippen molar-refractivity contribution in [1.82, 2.24) is 14.5 Å². The van der Waals surface area contributed by atoms with Crippen molar-refractivity contribution in [3.05, 3.63) is 59.7 Å². The van der Waals surface area contributed by atoms with Gasteiger partial charge in [0.15, 0.2) is 0 Å². The van der Waals surface area contributed by atoms with E-state index >= 15 is 0 Å². The SMILES string of the molecule is CCCCOc1ccc(S(=O)(=O)N2CCC3(CC2)NCC(=O)N3Cc2ccccc2C#N)cc1. The van der Waals surface area contributed by atoms with E-state index < -0.39 is 15.7 Å². The van der Waals surface area contributed by atoms with Crippen LogP contribution >= 0.6 is 0 Å². The van der Waals surface area contributed by atoms with Gasteiger partial charge in [-0.3, -0.25) is 10.1 Å².